The summed E-state index contributed by atoms with van der Waals surface area (Å²) in [5.41, 5.74) is 0.760. The molecule has 2 saturated carbocycles. The van der Waals surface area contributed by atoms with Gasteiger partial charge in [0.25, 0.3) is 0 Å². The Morgan fingerprint density at radius 3 is 2.10 bits per heavy atom. The molecule has 0 amide bonds. The predicted octanol–water partition coefficient (Wildman–Crippen LogP) is 8.68. The summed E-state index contributed by atoms with van der Waals surface area (Å²) in [7, 11) is -2.87. The van der Waals surface area contributed by atoms with Gasteiger partial charge in [0.05, 0.1) is 5.76 Å². The van der Waals surface area contributed by atoms with Crippen LogP contribution in [-0.2, 0) is 18.4 Å². The van der Waals surface area contributed by atoms with Crippen LogP contribution in [-0.4, -0.2) is 35.8 Å². The molecular weight excluding hydrogens is 517 g/mol. The molecule has 226 valence electrons. The Morgan fingerprint density at radius 2 is 1.67 bits per heavy atom. The Bertz CT molecular complexity index is 892. The van der Waals surface area contributed by atoms with Crippen molar-refractivity contribution in [1.82, 2.24) is 0 Å². The Kier molecular flexibility index (Phi) is 11.1. The molecule has 39 heavy (non-hydrogen) atoms. The van der Waals surface area contributed by atoms with E-state index in [1.165, 1.54) is 31.9 Å². The van der Waals surface area contributed by atoms with Crippen molar-refractivity contribution in [3.8, 4) is 0 Å². The van der Waals surface area contributed by atoms with Crippen molar-refractivity contribution >= 4 is 24.0 Å². The summed E-state index contributed by atoms with van der Waals surface area (Å²) in [6.45, 7) is 36.4. The third kappa shape index (κ3) is 7.91. The lowest BCUT2D eigenvalue weighted by Gasteiger charge is -2.43. The van der Waals surface area contributed by atoms with Crippen molar-refractivity contribution in [3.63, 3.8) is 0 Å². The van der Waals surface area contributed by atoms with Crippen molar-refractivity contribution < 1.29 is 18.4 Å². The molecule has 6 atom stereocenters. The Morgan fingerprint density at radius 1 is 1.08 bits per heavy atom. The Balaban J connectivity index is 2.81. The van der Waals surface area contributed by atoms with E-state index in [2.05, 4.69) is 101 Å². The molecule has 0 aromatic carbocycles. The average molecular weight is 579 g/mol. The summed E-state index contributed by atoms with van der Waals surface area (Å²) in [6.07, 6.45) is 7.49. The summed E-state index contributed by atoms with van der Waals surface area (Å²) < 4.78 is 20.1. The number of carbonyl (C=O) groups is 1. The van der Waals surface area contributed by atoms with Gasteiger partial charge in [0.2, 0.25) is 9.04 Å². The van der Waals surface area contributed by atoms with Gasteiger partial charge in [-0.15, -0.1) is 0 Å². The molecule has 2 unspecified atom stereocenters. The highest BCUT2D eigenvalue weighted by Gasteiger charge is 2.66. The number of hydrogen-bond acceptors (Lipinski definition) is 4. The van der Waals surface area contributed by atoms with Crippen LogP contribution in [0.1, 0.15) is 101 Å². The van der Waals surface area contributed by atoms with Gasteiger partial charge in [0.1, 0.15) is 5.60 Å². The van der Waals surface area contributed by atoms with Crippen molar-refractivity contribution in [2.45, 2.75) is 139 Å². The van der Waals surface area contributed by atoms with Gasteiger partial charge >= 0.3 is 5.97 Å². The Hall–Kier alpha value is -0.856. The molecule has 0 aliphatic heterocycles. The molecular formula is C33H62O4Si2. The number of fused-ring (bicyclic) bond motifs is 1. The first-order chi connectivity index (χ1) is 17.7. The van der Waals surface area contributed by atoms with Crippen molar-refractivity contribution in [2.24, 2.45) is 39.9 Å². The van der Waals surface area contributed by atoms with Gasteiger partial charge in [-0.2, -0.15) is 0 Å². The lowest BCUT2D eigenvalue weighted by molar-refractivity contribution is -0.155. The molecule has 2 rings (SSSR count). The number of rotatable bonds is 11. The highest BCUT2D eigenvalue weighted by molar-refractivity contribution is 6.49. The van der Waals surface area contributed by atoms with E-state index in [4.69, 9.17) is 13.6 Å². The molecule has 0 radical (unpaired) electrons. The molecule has 0 saturated heterocycles. The van der Waals surface area contributed by atoms with Gasteiger partial charge in [-0.25, -0.2) is 0 Å². The van der Waals surface area contributed by atoms with E-state index in [1.54, 1.807) is 0 Å². The normalized spacial score (nSPS) is 29.2. The van der Waals surface area contributed by atoms with Crippen molar-refractivity contribution in [1.29, 1.82) is 0 Å². The smallest absolute Gasteiger partial charge is 0.303 e. The number of esters is 1. The summed E-state index contributed by atoms with van der Waals surface area (Å²) in [6, 6.07) is 0. The number of allylic oxidation sites excluding steroid dienone is 2. The molecule has 6 heteroatoms. The van der Waals surface area contributed by atoms with E-state index in [1.807, 2.05) is 0 Å². The van der Waals surface area contributed by atoms with E-state index in [-0.39, 0.29) is 40.2 Å². The quantitative estimate of drug-likeness (QED) is 0.106. The van der Waals surface area contributed by atoms with Crippen molar-refractivity contribution in [3.05, 3.63) is 24.0 Å². The van der Waals surface area contributed by atoms with Gasteiger partial charge in [-0.05, 0) is 85.2 Å². The third-order valence-electron chi connectivity index (χ3n) is 9.16. The highest BCUT2D eigenvalue weighted by atomic mass is 28.3. The fourth-order valence-electron chi connectivity index (χ4n) is 7.87. The maximum absolute atomic E-state index is 12.3. The zero-order valence-corrected chi connectivity index (χ0v) is 30.3. The van der Waals surface area contributed by atoms with Crippen LogP contribution in [0, 0.1) is 39.9 Å². The number of ether oxygens (including phenoxy) is 1. The SMILES string of the molecule is C=C1C[C@H]2[C@@H](C(=CC(C(C)(C)C)C(C)(C)CCCC)O[SiH](C)C)[C@H](C(C)(C)C)C[C@@]2(O[SiH](C)C)C1OC(C)=O. The molecule has 4 nitrogen and oxygen atoms in total. The topological polar surface area (TPSA) is 44.8 Å². The number of carbonyl (C=O) groups excluding carboxylic acids is 1. The molecule has 0 spiro atoms. The summed E-state index contributed by atoms with van der Waals surface area (Å²) in [5, 5.41) is 0. The van der Waals surface area contributed by atoms with Crippen LogP contribution in [0.3, 0.4) is 0 Å². The molecule has 2 aliphatic carbocycles. The fraction of sp³-hybridized carbons (Fsp3) is 0.848. The molecule has 2 fully saturated rings. The van der Waals surface area contributed by atoms with Gasteiger partial charge in [-0.3, -0.25) is 4.79 Å². The first-order valence-corrected chi connectivity index (χ1v) is 21.1. The molecule has 0 aromatic rings. The first-order valence-electron chi connectivity index (χ1n) is 15.6. The first kappa shape index (κ1) is 34.3. The van der Waals surface area contributed by atoms with Crippen LogP contribution in [0.5, 0.6) is 0 Å². The third-order valence-corrected chi connectivity index (χ3v) is 10.8. The fourth-order valence-corrected chi connectivity index (χ4v) is 9.92. The number of unbranched alkanes of at least 4 members (excludes halogenated alkanes) is 1. The van der Waals surface area contributed by atoms with Crippen LogP contribution < -0.4 is 0 Å². The van der Waals surface area contributed by atoms with Crippen molar-refractivity contribution in [2.75, 3.05) is 0 Å². The van der Waals surface area contributed by atoms with Crippen LogP contribution in [0.2, 0.25) is 26.2 Å². The lowest BCUT2D eigenvalue weighted by atomic mass is 9.63. The summed E-state index contributed by atoms with van der Waals surface area (Å²) in [5.74, 6) is 2.03. The highest BCUT2D eigenvalue weighted by Crippen LogP contribution is 2.63. The maximum Gasteiger partial charge on any atom is 0.303 e. The monoisotopic (exact) mass is 578 g/mol. The van der Waals surface area contributed by atoms with Gasteiger partial charge < -0.3 is 13.6 Å². The zero-order valence-electron chi connectivity index (χ0n) is 28.0. The molecule has 2 aliphatic rings. The van der Waals surface area contributed by atoms with E-state index < -0.39 is 23.7 Å². The van der Waals surface area contributed by atoms with Gasteiger partial charge in [0, 0.05) is 18.8 Å². The standard InChI is InChI=1S/C33H62O4Si2/c1-16-17-18-32(10,11)27(31(7,8)9)20-26(36-38(12)13)28-24-19-22(2)29(35-23(3)34)33(24,37-39(14)15)21-25(28)30(4,5)6/h20,24-25,27-29,38-39H,2,16-19,21H2,1,3-15H3/t24-,25+,27?,28+,29?,33-/m0/s1. The largest absolute Gasteiger partial charge is 0.550 e. The van der Waals surface area contributed by atoms with E-state index >= 15 is 0 Å². The lowest BCUT2D eigenvalue weighted by Crippen LogP contribution is -2.48. The van der Waals surface area contributed by atoms with E-state index in [0.717, 1.165) is 18.4 Å². The minimum Gasteiger partial charge on any atom is -0.550 e. The summed E-state index contributed by atoms with van der Waals surface area (Å²) >= 11 is 0. The second kappa shape index (κ2) is 12.6. The van der Waals surface area contributed by atoms with E-state index in [9.17, 15) is 4.79 Å². The predicted molar refractivity (Wildman–Crippen MR) is 171 cm³/mol. The summed E-state index contributed by atoms with van der Waals surface area (Å²) in [4.78, 5) is 12.3. The zero-order chi connectivity index (χ0) is 30.1. The second-order valence-corrected chi connectivity index (χ2v) is 20.6. The Labute approximate surface area is 245 Å². The van der Waals surface area contributed by atoms with Crippen LogP contribution in [0.25, 0.3) is 0 Å². The van der Waals surface area contributed by atoms with Crippen LogP contribution >= 0.6 is 0 Å². The maximum atomic E-state index is 12.3. The van der Waals surface area contributed by atoms with Crippen LogP contribution in [0.15, 0.2) is 24.0 Å². The average Bonchev–Trinajstić information content (AvgIpc) is 3.18. The van der Waals surface area contributed by atoms with E-state index in [0.29, 0.717) is 11.8 Å². The molecule has 0 aromatic heterocycles. The van der Waals surface area contributed by atoms with Crippen LogP contribution in [0.4, 0.5) is 0 Å². The van der Waals surface area contributed by atoms with Gasteiger partial charge in [-0.1, -0.05) is 81.7 Å². The minimum atomic E-state index is -1.47. The molecule has 0 heterocycles. The number of hydrogen-bond donors (Lipinski definition) is 0. The molecule has 0 bridgehead atoms. The molecule has 0 N–H and O–H groups in total. The second-order valence-electron chi connectivity index (χ2n) is 16.0. The minimum absolute atomic E-state index is 0.0436. The van der Waals surface area contributed by atoms with Gasteiger partial charge in [0.15, 0.2) is 15.1 Å².